The van der Waals surface area contributed by atoms with Gasteiger partial charge in [0.2, 0.25) is 5.95 Å². The van der Waals surface area contributed by atoms with Gasteiger partial charge in [0, 0.05) is 24.5 Å². The molecule has 3 aromatic heterocycles. The SMILES string of the molecule is Cc1cc(-c2c(N3CCCCC3)nc(N)n3c(=O)n(CCC(F)(F)F)nc23)cc(C)n1. The van der Waals surface area contributed by atoms with E-state index in [1.165, 1.54) is 0 Å². The minimum Gasteiger partial charge on any atom is -0.369 e. The molecular weight excluding hydrogens is 411 g/mol. The molecule has 1 aliphatic rings. The van der Waals surface area contributed by atoms with E-state index in [0.717, 1.165) is 58.4 Å². The Bertz CT molecular complexity index is 1160. The highest BCUT2D eigenvalue weighted by molar-refractivity contribution is 5.88. The molecule has 4 heterocycles. The molecule has 3 aromatic rings. The molecule has 0 unspecified atom stereocenters. The molecule has 4 rings (SSSR count). The van der Waals surface area contributed by atoms with Crippen molar-refractivity contribution >= 4 is 17.4 Å². The number of nitrogens with two attached hydrogens (primary N) is 1. The van der Waals surface area contributed by atoms with Crippen LogP contribution in [0.25, 0.3) is 16.8 Å². The third kappa shape index (κ3) is 4.21. The summed E-state index contributed by atoms with van der Waals surface area (Å²) >= 11 is 0. The smallest absolute Gasteiger partial charge is 0.369 e. The monoisotopic (exact) mass is 435 g/mol. The van der Waals surface area contributed by atoms with Crippen LogP contribution in [-0.4, -0.2) is 43.4 Å². The Labute approximate surface area is 176 Å². The summed E-state index contributed by atoms with van der Waals surface area (Å²) < 4.78 is 40.1. The van der Waals surface area contributed by atoms with E-state index in [2.05, 4.69) is 20.0 Å². The molecule has 0 radical (unpaired) electrons. The lowest BCUT2D eigenvalue weighted by Gasteiger charge is -2.29. The van der Waals surface area contributed by atoms with Crippen LogP contribution in [0.5, 0.6) is 0 Å². The van der Waals surface area contributed by atoms with Gasteiger partial charge in [0.15, 0.2) is 5.65 Å². The van der Waals surface area contributed by atoms with Crippen molar-refractivity contribution in [3.63, 3.8) is 0 Å². The highest BCUT2D eigenvalue weighted by Gasteiger charge is 2.29. The van der Waals surface area contributed by atoms with Crippen LogP contribution < -0.4 is 16.3 Å². The lowest BCUT2D eigenvalue weighted by Crippen LogP contribution is -2.31. The number of anilines is 2. The fraction of sp³-hybridized carbons (Fsp3) is 0.500. The van der Waals surface area contributed by atoms with Crippen molar-refractivity contribution in [1.29, 1.82) is 0 Å². The third-order valence-electron chi connectivity index (χ3n) is 5.37. The molecule has 8 nitrogen and oxygen atoms in total. The maximum Gasteiger partial charge on any atom is 0.390 e. The molecule has 0 atom stereocenters. The first kappa shape index (κ1) is 21.1. The topological polar surface area (TPSA) is 94.3 Å². The van der Waals surface area contributed by atoms with E-state index < -0.39 is 24.8 Å². The van der Waals surface area contributed by atoms with Crippen LogP contribution in [0.4, 0.5) is 24.9 Å². The summed E-state index contributed by atoms with van der Waals surface area (Å²) in [5, 5.41) is 4.27. The predicted molar refractivity (Wildman–Crippen MR) is 111 cm³/mol. The van der Waals surface area contributed by atoms with Crippen LogP contribution in [0.2, 0.25) is 0 Å². The molecule has 11 heteroatoms. The highest BCUT2D eigenvalue weighted by atomic mass is 19.4. The number of aryl methyl sites for hydroxylation is 3. The summed E-state index contributed by atoms with van der Waals surface area (Å²) in [6.45, 7) is 4.67. The molecule has 0 aromatic carbocycles. The zero-order valence-corrected chi connectivity index (χ0v) is 17.4. The molecule has 0 saturated carbocycles. The second-order valence-corrected chi connectivity index (χ2v) is 7.88. The number of fused-ring (bicyclic) bond motifs is 1. The number of nitrogens with zero attached hydrogens (tertiary/aromatic N) is 6. The first-order valence-electron chi connectivity index (χ1n) is 10.2. The summed E-state index contributed by atoms with van der Waals surface area (Å²) in [7, 11) is 0. The zero-order valence-electron chi connectivity index (χ0n) is 17.4. The molecule has 31 heavy (non-hydrogen) atoms. The number of piperidine rings is 1. The minimum absolute atomic E-state index is 0.0925. The van der Waals surface area contributed by atoms with Gasteiger partial charge in [-0.1, -0.05) is 0 Å². The van der Waals surface area contributed by atoms with Crippen LogP contribution in [0, 0.1) is 13.8 Å². The Morgan fingerprint density at radius 3 is 2.32 bits per heavy atom. The van der Waals surface area contributed by atoms with Crippen LogP contribution in [0.3, 0.4) is 0 Å². The van der Waals surface area contributed by atoms with Gasteiger partial charge in [-0.25, -0.2) is 13.9 Å². The molecule has 0 aliphatic carbocycles. The Morgan fingerprint density at radius 2 is 1.71 bits per heavy atom. The van der Waals surface area contributed by atoms with E-state index in [1.807, 2.05) is 26.0 Å². The Kier molecular flexibility index (Phi) is 5.36. The van der Waals surface area contributed by atoms with Gasteiger partial charge in [-0.05, 0) is 50.8 Å². The van der Waals surface area contributed by atoms with Gasteiger partial charge < -0.3 is 10.6 Å². The van der Waals surface area contributed by atoms with E-state index in [4.69, 9.17) is 5.73 Å². The number of rotatable bonds is 4. The number of hydrogen-bond donors (Lipinski definition) is 1. The fourth-order valence-electron chi connectivity index (χ4n) is 4.04. The standard InChI is InChI=1S/C20H24F3N7O/c1-12-10-14(11-13(2)25-12)15-16(28-7-4-3-5-8-28)26-18(24)30-17(15)27-29(19(30)31)9-6-20(21,22)23/h10-11H,3-9H2,1-2H3,(H2,24,26). The molecule has 0 amide bonds. The maximum atomic E-state index is 12.8. The van der Waals surface area contributed by atoms with Crippen molar-refractivity contribution in [1.82, 2.24) is 24.1 Å². The van der Waals surface area contributed by atoms with Crippen LogP contribution in [-0.2, 0) is 6.54 Å². The fourth-order valence-corrected chi connectivity index (χ4v) is 4.04. The molecule has 0 bridgehead atoms. The summed E-state index contributed by atoms with van der Waals surface area (Å²) in [6, 6.07) is 3.71. The van der Waals surface area contributed by atoms with Gasteiger partial charge in [-0.15, -0.1) is 5.10 Å². The van der Waals surface area contributed by atoms with Crippen LogP contribution in [0.15, 0.2) is 16.9 Å². The zero-order chi connectivity index (χ0) is 22.3. The van der Waals surface area contributed by atoms with E-state index >= 15 is 0 Å². The summed E-state index contributed by atoms with van der Waals surface area (Å²) in [5.74, 6) is 0.493. The van der Waals surface area contributed by atoms with Gasteiger partial charge in [0.25, 0.3) is 0 Å². The number of nitrogen functional groups attached to an aromatic ring is 1. The van der Waals surface area contributed by atoms with E-state index in [1.54, 1.807) is 0 Å². The number of halogens is 3. The average molecular weight is 435 g/mol. The Balaban J connectivity index is 1.97. The van der Waals surface area contributed by atoms with Gasteiger partial charge >= 0.3 is 11.9 Å². The van der Waals surface area contributed by atoms with Gasteiger partial charge in [-0.3, -0.25) is 4.98 Å². The van der Waals surface area contributed by atoms with E-state index in [-0.39, 0.29) is 11.6 Å². The number of hydrogen-bond acceptors (Lipinski definition) is 6. The summed E-state index contributed by atoms with van der Waals surface area (Å²) in [5.41, 5.74) is 8.43. The van der Waals surface area contributed by atoms with Crippen LogP contribution >= 0.6 is 0 Å². The average Bonchev–Trinajstić information content (AvgIpc) is 3.02. The van der Waals surface area contributed by atoms with Gasteiger partial charge in [0.1, 0.15) is 5.82 Å². The first-order valence-corrected chi connectivity index (χ1v) is 10.2. The number of aromatic nitrogens is 5. The minimum atomic E-state index is -4.40. The van der Waals surface area contributed by atoms with Crippen molar-refractivity contribution in [3.05, 3.63) is 34.0 Å². The predicted octanol–water partition coefficient (Wildman–Crippen LogP) is 3.09. The van der Waals surface area contributed by atoms with Crippen molar-refractivity contribution in [2.45, 2.75) is 52.3 Å². The summed E-state index contributed by atoms with van der Waals surface area (Å²) in [4.78, 5) is 23.8. The third-order valence-corrected chi connectivity index (χ3v) is 5.37. The molecule has 1 fully saturated rings. The second kappa shape index (κ2) is 7.86. The highest BCUT2D eigenvalue weighted by Crippen LogP contribution is 2.35. The number of pyridine rings is 1. The Morgan fingerprint density at radius 1 is 1.06 bits per heavy atom. The van der Waals surface area contributed by atoms with Gasteiger partial charge in [-0.2, -0.15) is 18.2 Å². The second-order valence-electron chi connectivity index (χ2n) is 7.88. The van der Waals surface area contributed by atoms with E-state index in [0.29, 0.717) is 11.4 Å². The quantitative estimate of drug-likeness (QED) is 0.677. The number of alkyl halides is 3. The Hall–Kier alpha value is -3.11. The maximum absolute atomic E-state index is 12.8. The lowest BCUT2D eigenvalue weighted by atomic mass is 10.0. The normalized spacial score (nSPS) is 15.1. The lowest BCUT2D eigenvalue weighted by molar-refractivity contribution is -0.137. The largest absolute Gasteiger partial charge is 0.390 e. The van der Waals surface area contributed by atoms with Crippen LogP contribution in [0.1, 0.15) is 37.1 Å². The van der Waals surface area contributed by atoms with Crippen molar-refractivity contribution in [2.75, 3.05) is 23.7 Å². The van der Waals surface area contributed by atoms with E-state index in [9.17, 15) is 18.0 Å². The molecule has 0 spiro atoms. The van der Waals surface area contributed by atoms with Gasteiger partial charge in [0.05, 0.1) is 18.5 Å². The van der Waals surface area contributed by atoms with Crippen molar-refractivity contribution < 1.29 is 13.2 Å². The van der Waals surface area contributed by atoms with Crippen molar-refractivity contribution in [3.8, 4) is 11.1 Å². The molecule has 166 valence electrons. The first-order chi connectivity index (χ1) is 14.6. The molecule has 1 saturated heterocycles. The van der Waals surface area contributed by atoms with Crippen molar-refractivity contribution in [2.24, 2.45) is 0 Å². The molecular formula is C20H24F3N7O. The molecule has 1 aliphatic heterocycles. The summed E-state index contributed by atoms with van der Waals surface area (Å²) in [6.07, 6.45) is -2.46. The molecule has 2 N–H and O–H groups in total.